The molecular formula is C20H21N7O. The van der Waals surface area contributed by atoms with Crippen molar-refractivity contribution in [1.82, 2.24) is 19.9 Å². The molecule has 0 spiro atoms. The molecule has 0 amide bonds. The van der Waals surface area contributed by atoms with Crippen molar-refractivity contribution in [3.8, 4) is 11.4 Å². The van der Waals surface area contributed by atoms with Crippen LogP contribution in [0.5, 0.6) is 0 Å². The number of pyridine rings is 2. The van der Waals surface area contributed by atoms with Gasteiger partial charge in [-0.3, -0.25) is 9.97 Å². The van der Waals surface area contributed by atoms with Gasteiger partial charge in [-0.1, -0.05) is 0 Å². The lowest BCUT2D eigenvalue weighted by Crippen LogP contribution is -2.37. The summed E-state index contributed by atoms with van der Waals surface area (Å²) < 4.78 is 5.49. The van der Waals surface area contributed by atoms with E-state index in [0.717, 1.165) is 60.5 Å². The number of rotatable bonds is 3. The largest absolute Gasteiger partial charge is 0.397 e. The van der Waals surface area contributed by atoms with E-state index in [0.29, 0.717) is 18.9 Å². The Morgan fingerprint density at radius 1 is 0.964 bits per heavy atom. The van der Waals surface area contributed by atoms with Gasteiger partial charge in [0.2, 0.25) is 5.95 Å². The molecule has 2 aliphatic rings. The highest BCUT2D eigenvalue weighted by Gasteiger charge is 2.29. The highest BCUT2D eigenvalue weighted by Crippen LogP contribution is 2.38. The van der Waals surface area contributed by atoms with Crippen molar-refractivity contribution in [2.75, 3.05) is 48.4 Å². The average molecular weight is 375 g/mol. The Bertz CT molecular complexity index is 972. The van der Waals surface area contributed by atoms with E-state index in [1.165, 1.54) is 0 Å². The number of anilines is 4. The van der Waals surface area contributed by atoms with E-state index in [9.17, 15) is 0 Å². The van der Waals surface area contributed by atoms with Crippen molar-refractivity contribution in [3.63, 3.8) is 0 Å². The van der Waals surface area contributed by atoms with Gasteiger partial charge in [-0.2, -0.15) is 4.98 Å². The first kappa shape index (κ1) is 16.9. The lowest BCUT2D eigenvalue weighted by atomic mass is 10.1. The number of ether oxygens (including phenoxy) is 1. The Balaban J connectivity index is 1.64. The zero-order valence-electron chi connectivity index (χ0n) is 15.5. The molecule has 0 aliphatic carbocycles. The second kappa shape index (κ2) is 7.05. The van der Waals surface area contributed by atoms with Gasteiger partial charge in [0, 0.05) is 43.3 Å². The molecule has 0 atom stereocenters. The van der Waals surface area contributed by atoms with Crippen LogP contribution in [0, 0.1) is 0 Å². The van der Waals surface area contributed by atoms with Gasteiger partial charge in [-0.15, -0.1) is 0 Å². The summed E-state index contributed by atoms with van der Waals surface area (Å²) in [5.41, 5.74) is 10.4. The number of nitrogens with zero attached hydrogens (tertiary/aromatic N) is 6. The topological polar surface area (TPSA) is 93.3 Å². The minimum Gasteiger partial charge on any atom is -0.397 e. The fourth-order valence-corrected chi connectivity index (χ4v) is 3.68. The van der Waals surface area contributed by atoms with Gasteiger partial charge in [-0.05, 0) is 30.7 Å². The van der Waals surface area contributed by atoms with Gasteiger partial charge in [0.15, 0.2) is 0 Å². The van der Waals surface area contributed by atoms with E-state index in [2.05, 4.69) is 19.8 Å². The van der Waals surface area contributed by atoms with Crippen LogP contribution in [0.25, 0.3) is 11.4 Å². The van der Waals surface area contributed by atoms with Crippen LogP contribution in [0.2, 0.25) is 0 Å². The minimum absolute atomic E-state index is 0.640. The maximum atomic E-state index is 5.83. The summed E-state index contributed by atoms with van der Waals surface area (Å²) >= 11 is 0. The van der Waals surface area contributed by atoms with E-state index >= 15 is 0 Å². The maximum absolute atomic E-state index is 5.83. The molecule has 28 heavy (non-hydrogen) atoms. The highest BCUT2D eigenvalue weighted by molar-refractivity contribution is 5.75. The van der Waals surface area contributed by atoms with Crippen molar-refractivity contribution in [3.05, 3.63) is 48.4 Å². The van der Waals surface area contributed by atoms with Crippen molar-refractivity contribution >= 4 is 23.1 Å². The van der Waals surface area contributed by atoms with Crippen LogP contribution in [-0.4, -0.2) is 52.8 Å². The number of nitrogen functional groups attached to an aromatic ring is 1. The van der Waals surface area contributed by atoms with Crippen LogP contribution < -0.4 is 15.5 Å². The van der Waals surface area contributed by atoms with Crippen LogP contribution >= 0.6 is 0 Å². The molecule has 8 heteroatoms. The normalized spacial score (nSPS) is 16.3. The zero-order chi connectivity index (χ0) is 18.9. The van der Waals surface area contributed by atoms with Crippen LogP contribution in [0.1, 0.15) is 5.56 Å². The Hall–Kier alpha value is -3.26. The minimum atomic E-state index is 0.640. The molecule has 0 radical (unpaired) electrons. The van der Waals surface area contributed by atoms with Gasteiger partial charge >= 0.3 is 0 Å². The molecule has 1 fully saturated rings. The SMILES string of the molecule is Nc1ccc(-c2nc(N3CCOCC3)nc3c2CCN3c2ccncc2)nc1. The van der Waals surface area contributed by atoms with Crippen molar-refractivity contribution in [2.24, 2.45) is 0 Å². The Morgan fingerprint density at radius 2 is 1.79 bits per heavy atom. The lowest BCUT2D eigenvalue weighted by molar-refractivity contribution is 0.122. The smallest absolute Gasteiger partial charge is 0.228 e. The molecule has 0 bridgehead atoms. The van der Waals surface area contributed by atoms with Gasteiger partial charge in [0.05, 0.1) is 36.5 Å². The Morgan fingerprint density at radius 3 is 2.54 bits per heavy atom. The number of hydrogen-bond acceptors (Lipinski definition) is 8. The molecule has 142 valence electrons. The van der Waals surface area contributed by atoms with Crippen molar-refractivity contribution in [2.45, 2.75) is 6.42 Å². The summed E-state index contributed by atoms with van der Waals surface area (Å²) in [5.74, 6) is 1.66. The van der Waals surface area contributed by atoms with E-state index < -0.39 is 0 Å². The molecule has 3 aromatic rings. The number of aromatic nitrogens is 4. The average Bonchev–Trinajstić information content (AvgIpc) is 3.19. The summed E-state index contributed by atoms with van der Waals surface area (Å²) in [6, 6.07) is 7.80. The number of morpholine rings is 1. The first-order valence-corrected chi connectivity index (χ1v) is 9.43. The first-order chi connectivity index (χ1) is 13.8. The molecule has 0 unspecified atom stereocenters. The summed E-state index contributed by atoms with van der Waals surface area (Å²) in [5, 5.41) is 0. The van der Waals surface area contributed by atoms with Gasteiger partial charge in [-0.25, -0.2) is 4.98 Å². The standard InChI is InChI=1S/C20H21N7O/c21-14-1-2-17(23-13-14)18-16-5-8-27(15-3-6-22-7-4-15)19(16)25-20(24-18)26-9-11-28-12-10-26/h1-4,6-7,13H,5,8-12,21H2. The predicted molar refractivity (Wildman–Crippen MR) is 108 cm³/mol. The molecule has 8 nitrogen and oxygen atoms in total. The quantitative estimate of drug-likeness (QED) is 0.743. The van der Waals surface area contributed by atoms with E-state index in [-0.39, 0.29) is 0 Å². The van der Waals surface area contributed by atoms with Crippen LogP contribution in [-0.2, 0) is 11.2 Å². The van der Waals surface area contributed by atoms with Gasteiger partial charge in [0.1, 0.15) is 5.82 Å². The molecular weight excluding hydrogens is 354 g/mol. The van der Waals surface area contributed by atoms with E-state index in [1.54, 1.807) is 18.6 Å². The number of fused-ring (bicyclic) bond motifs is 1. The third kappa shape index (κ3) is 3.01. The molecule has 5 heterocycles. The molecule has 5 rings (SSSR count). The second-order valence-electron chi connectivity index (χ2n) is 6.86. The summed E-state index contributed by atoms with van der Waals surface area (Å²) in [6.45, 7) is 3.78. The second-order valence-corrected chi connectivity index (χ2v) is 6.86. The first-order valence-electron chi connectivity index (χ1n) is 9.43. The third-order valence-electron chi connectivity index (χ3n) is 5.11. The molecule has 1 saturated heterocycles. The lowest BCUT2D eigenvalue weighted by Gasteiger charge is -2.28. The summed E-state index contributed by atoms with van der Waals surface area (Å²) in [4.78, 5) is 22.9. The van der Waals surface area contributed by atoms with Crippen molar-refractivity contribution < 1.29 is 4.74 Å². The fourth-order valence-electron chi connectivity index (χ4n) is 3.68. The maximum Gasteiger partial charge on any atom is 0.228 e. The molecule has 3 aromatic heterocycles. The number of nitrogens with two attached hydrogens (primary N) is 1. The van der Waals surface area contributed by atoms with E-state index in [1.807, 2.05) is 24.3 Å². The Labute approximate surface area is 163 Å². The predicted octanol–water partition coefficient (Wildman–Crippen LogP) is 2.05. The van der Waals surface area contributed by atoms with Crippen LogP contribution in [0.15, 0.2) is 42.9 Å². The van der Waals surface area contributed by atoms with Crippen LogP contribution in [0.4, 0.5) is 23.1 Å². The van der Waals surface area contributed by atoms with Crippen LogP contribution in [0.3, 0.4) is 0 Å². The van der Waals surface area contributed by atoms with Gasteiger partial charge in [0.25, 0.3) is 0 Å². The van der Waals surface area contributed by atoms with E-state index in [4.69, 9.17) is 20.4 Å². The number of hydrogen-bond donors (Lipinski definition) is 1. The molecule has 0 aromatic carbocycles. The third-order valence-corrected chi connectivity index (χ3v) is 5.11. The van der Waals surface area contributed by atoms with Crippen molar-refractivity contribution in [1.29, 1.82) is 0 Å². The zero-order valence-corrected chi connectivity index (χ0v) is 15.5. The van der Waals surface area contributed by atoms with Gasteiger partial charge < -0.3 is 20.3 Å². The molecule has 2 aliphatic heterocycles. The monoisotopic (exact) mass is 375 g/mol. The Kier molecular flexibility index (Phi) is 4.25. The summed E-state index contributed by atoms with van der Waals surface area (Å²) in [7, 11) is 0. The molecule has 0 saturated carbocycles. The highest BCUT2D eigenvalue weighted by atomic mass is 16.5. The fraction of sp³-hybridized carbons (Fsp3) is 0.300. The summed E-state index contributed by atoms with van der Waals surface area (Å²) in [6.07, 6.45) is 6.15. The molecule has 2 N–H and O–H groups in total.